The van der Waals surface area contributed by atoms with Gasteiger partial charge in [-0.3, -0.25) is 0 Å². The number of hydrogen-bond acceptors (Lipinski definition) is 4. The van der Waals surface area contributed by atoms with Crippen LogP contribution in [0.3, 0.4) is 0 Å². The highest BCUT2D eigenvalue weighted by molar-refractivity contribution is 7.10. The van der Waals surface area contributed by atoms with Gasteiger partial charge in [0.25, 0.3) is 0 Å². The minimum Gasteiger partial charge on any atom is -0.467 e. The zero-order valence-electron chi connectivity index (χ0n) is 12.9. The molecule has 2 N–H and O–H groups in total. The van der Waals surface area contributed by atoms with Gasteiger partial charge in [-0.2, -0.15) is 0 Å². The van der Waals surface area contributed by atoms with Crippen molar-refractivity contribution in [2.45, 2.75) is 6.04 Å². The zero-order valence-corrected chi connectivity index (χ0v) is 13.7. The quantitative estimate of drug-likeness (QED) is 0.564. The lowest BCUT2D eigenvalue weighted by Gasteiger charge is -2.04. The Kier molecular flexibility index (Phi) is 3.99. The highest BCUT2D eigenvalue weighted by Crippen LogP contribution is 2.29. The number of thiazole rings is 1. The predicted octanol–water partition coefficient (Wildman–Crippen LogP) is 5.12. The second kappa shape index (κ2) is 6.43. The molecule has 0 aliphatic rings. The van der Waals surface area contributed by atoms with Crippen LogP contribution < -0.4 is 5.73 Å². The van der Waals surface area contributed by atoms with Crippen LogP contribution in [-0.4, -0.2) is 4.98 Å². The van der Waals surface area contributed by atoms with Crippen LogP contribution in [0, 0.1) is 0 Å². The monoisotopic (exact) mass is 332 g/mol. The van der Waals surface area contributed by atoms with E-state index in [0.29, 0.717) is 0 Å². The summed E-state index contributed by atoms with van der Waals surface area (Å²) in [4.78, 5) is 4.67. The predicted molar refractivity (Wildman–Crippen MR) is 97.7 cm³/mol. The average Bonchev–Trinajstić information content (AvgIpc) is 3.34. The molecule has 2 aromatic heterocycles. The fraction of sp³-hybridized carbons (Fsp3) is 0.0500. The minimum absolute atomic E-state index is 0.317. The Morgan fingerprint density at radius 3 is 2.25 bits per heavy atom. The lowest BCUT2D eigenvalue weighted by Crippen LogP contribution is -2.10. The third-order valence-corrected chi connectivity index (χ3v) is 4.85. The van der Waals surface area contributed by atoms with Crippen molar-refractivity contribution in [3.05, 3.63) is 89.1 Å². The third kappa shape index (κ3) is 2.89. The normalized spacial score (nSPS) is 12.2. The first kappa shape index (κ1) is 14.9. The maximum atomic E-state index is 6.21. The molecule has 0 saturated carbocycles. The summed E-state index contributed by atoms with van der Waals surface area (Å²) in [6, 6.07) is 22.2. The van der Waals surface area contributed by atoms with E-state index in [4.69, 9.17) is 10.2 Å². The van der Waals surface area contributed by atoms with Gasteiger partial charge in [0.1, 0.15) is 16.8 Å². The van der Waals surface area contributed by atoms with Crippen molar-refractivity contribution in [2.75, 3.05) is 0 Å². The molecule has 0 saturated heterocycles. The highest BCUT2D eigenvalue weighted by Gasteiger charge is 2.16. The van der Waals surface area contributed by atoms with Crippen molar-refractivity contribution in [3.8, 4) is 22.4 Å². The summed E-state index contributed by atoms with van der Waals surface area (Å²) in [7, 11) is 0. The van der Waals surface area contributed by atoms with Gasteiger partial charge in [-0.25, -0.2) is 4.98 Å². The maximum Gasteiger partial charge on any atom is 0.127 e. The fourth-order valence-electron chi connectivity index (χ4n) is 2.62. The molecule has 118 valence electrons. The molecule has 3 nitrogen and oxygen atoms in total. The molecule has 1 atom stereocenters. The van der Waals surface area contributed by atoms with Crippen LogP contribution in [0.1, 0.15) is 16.8 Å². The number of aromatic nitrogens is 1. The molecule has 2 heterocycles. The molecule has 4 aromatic rings. The molecule has 2 aromatic carbocycles. The van der Waals surface area contributed by atoms with E-state index < -0.39 is 0 Å². The first-order chi connectivity index (χ1) is 11.8. The molecule has 4 heteroatoms. The summed E-state index contributed by atoms with van der Waals surface area (Å²) < 4.78 is 5.37. The van der Waals surface area contributed by atoms with E-state index in [9.17, 15) is 0 Å². The van der Waals surface area contributed by atoms with Crippen molar-refractivity contribution in [3.63, 3.8) is 0 Å². The van der Waals surface area contributed by atoms with Crippen molar-refractivity contribution in [1.29, 1.82) is 0 Å². The van der Waals surface area contributed by atoms with Gasteiger partial charge in [0.05, 0.1) is 12.0 Å². The molecule has 4 rings (SSSR count). The molecule has 0 bridgehead atoms. The van der Waals surface area contributed by atoms with Crippen LogP contribution in [0.5, 0.6) is 0 Å². The summed E-state index contributed by atoms with van der Waals surface area (Å²) in [5.74, 6) is 0.732. The minimum atomic E-state index is -0.317. The van der Waals surface area contributed by atoms with Gasteiger partial charge >= 0.3 is 0 Å². The Labute approximate surface area is 144 Å². The molecule has 0 fully saturated rings. The van der Waals surface area contributed by atoms with Crippen molar-refractivity contribution in [1.82, 2.24) is 4.98 Å². The SMILES string of the molecule is NC(c1ccco1)c1nc(-c2ccc(-c3ccccc3)cc2)cs1. The molecule has 1 unspecified atom stereocenters. The summed E-state index contributed by atoms with van der Waals surface area (Å²) >= 11 is 1.56. The number of furan rings is 1. The molecular formula is C20H16N2OS. The van der Waals surface area contributed by atoms with Gasteiger partial charge in [0, 0.05) is 10.9 Å². The van der Waals surface area contributed by atoms with Gasteiger partial charge in [-0.1, -0.05) is 54.6 Å². The van der Waals surface area contributed by atoms with E-state index in [1.807, 2.05) is 35.7 Å². The Morgan fingerprint density at radius 1 is 0.833 bits per heavy atom. The highest BCUT2D eigenvalue weighted by atomic mass is 32.1. The van der Waals surface area contributed by atoms with E-state index in [-0.39, 0.29) is 6.04 Å². The smallest absolute Gasteiger partial charge is 0.127 e. The average molecular weight is 332 g/mol. The summed E-state index contributed by atoms with van der Waals surface area (Å²) in [5, 5.41) is 2.89. The molecule has 0 aliphatic heterocycles. The van der Waals surface area contributed by atoms with E-state index in [0.717, 1.165) is 22.0 Å². The summed E-state index contributed by atoms with van der Waals surface area (Å²) in [6.07, 6.45) is 1.63. The van der Waals surface area contributed by atoms with Crippen molar-refractivity contribution >= 4 is 11.3 Å². The van der Waals surface area contributed by atoms with Crippen LogP contribution in [0.25, 0.3) is 22.4 Å². The van der Waals surface area contributed by atoms with Gasteiger partial charge < -0.3 is 10.2 Å². The Balaban J connectivity index is 1.59. The van der Waals surface area contributed by atoms with E-state index in [1.54, 1.807) is 17.6 Å². The van der Waals surface area contributed by atoms with Crippen molar-refractivity contribution < 1.29 is 4.42 Å². The van der Waals surface area contributed by atoms with E-state index in [2.05, 4.69) is 41.4 Å². The molecule has 0 radical (unpaired) electrons. The van der Waals surface area contributed by atoms with Crippen LogP contribution in [0.4, 0.5) is 0 Å². The Hall–Kier alpha value is -2.69. The van der Waals surface area contributed by atoms with E-state index in [1.165, 1.54) is 11.1 Å². The number of nitrogens with two attached hydrogens (primary N) is 1. The fourth-order valence-corrected chi connectivity index (χ4v) is 3.45. The number of benzene rings is 2. The molecule has 0 aliphatic carbocycles. The summed E-state index contributed by atoms with van der Waals surface area (Å²) in [6.45, 7) is 0. The third-order valence-electron chi connectivity index (χ3n) is 3.93. The Morgan fingerprint density at radius 2 is 1.54 bits per heavy atom. The van der Waals surface area contributed by atoms with Crippen LogP contribution >= 0.6 is 11.3 Å². The van der Waals surface area contributed by atoms with Gasteiger partial charge in [0.15, 0.2) is 0 Å². The second-order valence-corrected chi connectivity index (χ2v) is 6.40. The largest absolute Gasteiger partial charge is 0.467 e. The lowest BCUT2D eigenvalue weighted by atomic mass is 10.0. The molecule has 0 amide bonds. The van der Waals surface area contributed by atoms with Crippen LogP contribution in [-0.2, 0) is 0 Å². The topological polar surface area (TPSA) is 52.0 Å². The number of rotatable bonds is 4. The van der Waals surface area contributed by atoms with Gasteiger partial charge in [-0.15, -0.1) is 11.3 Å². The lowest BCUT2D eigenvalue weighted by molar-refractivity contribution is 0.489. The number of hydrogen-bond donors (Lipinski definition) is 1. The second-order valence-electron chi connectivity index (χ2n) is 5.51. The van der Waals surface area contributed by atoms with Gasteiger partial charge in [-0.05, 0) is 23.3 Å². The zero-order chi connectivity index (χ0) is 16.4. The molecular weight excluding hydrogens is 316 g/mol. The maximum absolute atomic E-state index is 6.21. The first-order valence-electron chi connectivity index (χ1n) is 7.71. The first-order valence-corrected chi connectivity index (χ1v) is 8.59. The summed E-state index contributed by atoms with van der Waals surface area (Å²) in [5.41, 5.74) is 10.6. The standard InChI is InChI=1S/C20H16N2OS/c21-19(18-7-4-12-23-18)20-22-17(13-24-20)16-10-8-15(9-11-16)14-5-2-1-3-6-14/h1-13,19H,21H2. The van der Waals surface area contributed by atoms with Crippen LogP contribution in [0.15, 0.2) is 82.8 Å². The van der Waals surface area contributed by atoms with Gasteiger partial charge in [0.2, 0.25) is 0 Å². The molecule has 24 heavy (non-hydrogen) atoms. The Bertz CT molecular complexity index is 912. The molecule has 0 spiro atoms. The van der Waals surface area contributed by atoms with Crippen LogP contribution in [0.2, 0.25) is 0 Å². The van der Waals surface area contributed by atoms with E-state index >= 15 is 0 Å². The number of nitrogens with zero attached hydrogens (tertiary/aromatic N) is 1. The van der Waals surface area contributed by atoms with Crippen molar-refractivity contribution in [2.24, 2.45) is 5.73 Å².